The number of carbonyl (C=O) groups excluding carboxylic acids is 1. The van der Waals surface area contributed by atoms with Crippen LogP contribution >= 0.6 is 0 Å². The minimum Gasteiger partial charge on any atom is -0.469 e. The molecule has 13 heavy (non-hydrogen) atoms. The van der Waals surface area contributed by atoms with Crippen LogP contribution in [0.3, 0.4) is 0 Å². The molecule has 4 nitrogen and oxygen atoms in total. The number of carbonyl (C=O) groups is 1. The van der Waals surface area contributed by atoms with Gasteiger partial charge in [-0.3, -0.25) is 4.79 Å². The fourth-order valence-corrected chi connectivity index (χ4v) is 2.33. The second-order valence-electron chi connectivity index (χ2n) is 3.02. The van der Waals surface area contributed by atoms with Gasteiger partial charge in [-0.2, -0.15) is 8.42 Å². The molecule has 1 saturated carbocycles. The molecule has 0 aromatic carbocycles. The van der Waals surface area contributed by atoms with E-state index in [4.69, 9.17) is 0 Å². The van der Waals surface area contributed by atoms with Crippen molar-refractivity contribution in [3.05, 3.63) is 0 Å². The van der Waals surface area contributed by atoms with Gasteiger partial charge in [-0.05, 0) is 19.3 Å². The maximum absolute atomic E-state index is 11.2. The summed E-state index contributed by atoms with van der Waals surface area (Å²) >= 11 is 0. The Kier molecular flexibility index (Phi) is 3.48. The van der Waals surface area contributed by atoms with Gasteiger partial charge in [-0.25, -0.2) is 0 Å². The first-order chi connectivity index (χ1) is 6.16. The van der Waals surface area contributed by atoms with Crippen LogP contribution in [0.1, 0.15) is 25.7 Å². The van der Waals surface area contributed by atoms with Crippen LogP contribution < -0.4 is 0 Å². The average Bonchev–Trinajstić information content (AvgIpc) is 2.16. The van der Waals surface area contributed by atoms with Crippen LogP contribution in [0.4, 0.5) is 0 Å². The molecule has 0 radical (unpaired) electrons. The number of ether oxygens (including phenoxy) is 1. The van der Waals surface area contributed by atoms with E-state index in [1.807, 2.05) is 0 Å². The van der Waals surface area contributed by atoms with E-state index in [0.717, 1.165) is 12.8 Å². The highest BCUT2D eigenvalue weighted by atomic mass is 32.2. The van der Waals surface area contributed by atoms with Gasteiger partial charge in [0.15, 0.2) is 0 Å². The summed E-state index contributed by atoms with van der Waals surface area (Å²) in [6, 6.07) is 0. The molecule has 1 aliphatic carbocycles. The number of esters is 1. The van der Waals surface area contributed by atoms with Crippen molar-refractivity contribution in [2.24, 2.45) is 5.92 Å². The van der Waals surface area contributed by atoms with Gasteiger partial charge in [0.1, 0.15) is 0 Å². The van der Waals surface area contributed by atoms with Gasteiger partial charge < -0.3 is 4.74 Å². The molecule has 1 rings (SSSR count). The minimum atomic E-state index is -2.24. The lowest BCUT2D eigenvalue weighted by Crippen LogP contribution is -2.28. The molecular formula is C8H12O4S. The van der Waals surface area contributed by atoms with Crippen molar-refractivity contribution in [1.82, 2.24) is 0 Å². The molecule has 74 valence electrons. The van der Waals surface area contributed by atoms with E-state index in [9.17, 15) is 13.2 Å². The van der Waals surface area contributed by atoms with Crippen molar-refractivity contribution < 1.29 is 17.9 Å². The van der Waals surface area contributed by atoms with Crippen LogP contribution in [0.5, 0.6) is 0 Å². The molecule has 0 aliphatic heterocycles. The highest BCUT2D eigenvalue weighted by Gasteiger charge is 2.28. The fraction of sp³-hybridized carbons (Fsp3) is 0.750. The highest BCUT2D eigenvalue weighted by Crippen LogP contribution is 2.22. The first kappa shape index (κ1) is 10.2. The topological polar surface area (TPSA) is 60.4 Å². The van der Waals surface area contributed by atoms with Gasteiger partial charge in [0.2, 0.25) is 10.3 Å². The normalized spacial score (nSPS) is 22.5. The first-order valence-electron chi connectivity index (χ1n) is 4.19. The zero-order valence-electron chi connectivity index (χ0n) is 7.45. The fourth-order valence-electron chi connectivity index (χ4n) is 1.57. The van der Waals surface area contributed by atoms with Gasteiger partial charge in [-0.15, -0.1) is 0 Å². The SMILES string of the molecule is COC(=O)C1CCCCC1=S(=O)=O. The lowest BCUT2D eigenvalue weighted by Gasteiger charge is -2.19. The molecule has 0 saturated heterocycles. The summed E-state index contributed by atoms with van der Waals surface area (Å²) in [7, 11) is -0.958. The molecule has 0 aromatic rings. The number of rotatable bonds is 1. The maximum Gasteiger partial charge on any atom is 0.313 e. The monoisotopic (exact) mass is 204 g/mol. The molecule has 0 N–H and O–H groups in total. The van der Waals surface area contributed by atoms with Gasteiger partial charge in [0.25, 0.3) is 0 Å². The zero-order valence-corrected chi connectivity index (χ0v) is 8.26. The second-order valence-corrected chi connectivity index (χ2v) is 4.02. The molecule has 1 unspecified atom stereocenters. The van der Waals surface area contributed by atoms with Gasteiger partial charge in [0, 0.05) is 0 Å². The molecule has 1 aliphatic rings. The van der Waals surface area contributed by atoms with E-state index in [0.29, 0.717) is 17.7 Å². The Balaban J connectivity index is 2.93. The Bertz CT molecular complexity index is 320. The zero-order chi connectivity index (χ0) is 9.84. The minimum absolute atomic E-state index is 0.304. The van der Waals surface area contributed by atoms with Gasteiger partial charge >= 0.3 is 5.97 Å². The van der Waals surface area contributed by atoms with Crippen molar-refractivity contribution >= 4 is 21.1 Å². The summed E-state index contributed by atoms with van der Waals surface area (Å²) in [6.45, 7) is 0. The predicted octanol–water partition coefficient (Wildman–Crippen LogP) is 0.401. The van der Waals surface area contributed by atoms with Crippen molar-refractivity contribution in [2.75, 3.05) is 7.11 Å². The largest absolute Gasteiger partial charge is 0.469 e. The highest BCUT2D eigenvalue weighted by molar-refractivity contribution is 7.73. The Hall–Kier alpha value is -0.840. The van der Waals surface area contributed by atoms with Gasteiger partial charge in [-0.1, -0.05) is 6.42 Å². The van der Waals surface area contributed by atoms with Crippen LogP contribution in [0.15, 0.2) is 0 Å². The lowest BCUT2D eigenvalue weighted by molar-refractivity contribution is -0.143. The third kappa shape index (κ3) is 2.30. The van der Waals surface area contributed by atoms with E-state index in [2.05, 4.69) is 4.74 Å². The summed E-state index contributed by atoms with van der Waals surface area (Å²) in [6.07, 6.45) is 2.82. The second kappa shape index (κ2) is 4.41. The van der Waals surface area contributed by atoms with E-state index in [-0.39, 0.29) is 0 Å². The number of hydrogen-bond acceptors (Lipinski definition) is 4. The van der Waals surface area contributed by atoms with Crippen LogP contribution in [0, 0.1) is 5.92 Å². The van der Waals surface area contributed by atoms with Crippen LogP contribution in [-0.4, -0.2) is 26.4 Å². The Morgan fingerprint density at radius 1 is 1.46 bits per heavy atom. The molecule has 0 bridgehead atoms. The van der Waals surface area contributed by atoms with Crippen LogP contribution in [0.2, 0.25) is 0 Å². The summed E-state index contributed by atoms with van der Waals surface area (Å²) in [5.41, 5.74) is 0. The molecule has 0 amide bonds. The van der Waals surface area contributed by atoms with E-state index >= 15 is 0 Å². The Morgan fingerprint density at radius 2 is 2.15 bits per heavy atom. The standard InChI is InChI=1S/C8H12O4S/c1-12-8(9)6-4-2-3-5-7(6)13(10)11/h6H,2-5H2,1H3. The van der Waals surface area contributed by atoms with Crippen molar-refractivity contribution in [3.63, 3.8) is 0 Å². The van der Waals surface area contributed by atoms with E-state index in [1.165, 1.54) is 7.11 Å². The van der Waals surface area contributed by atoms with E-state index in [1.54, 1.807) is 0 Å². The Labute approximate surface area is 78.4 Å². The Morgan fingerprint density at radius 3 is 2.69 bits per heavy atom. The van der Waals surface area contributed by atoms with Crippen molar-refractivity contribution in [1.29, 1.82) is 0 Å². The molecular weight excluding hydrogens is 192 g/mol. The average molecular weight is 204 g/mol. The van der Waals surface area contributed by atoms with Crippen LogP contribution in [0.25, 0.3) is 0 Å². The quantitative estimate of drug-likeness (QED) is 0.458. The van der Waals surface area contributed by atoms with Crippen LogP contribution in [-0.2, 0) is 19.8 Å². The van der Waals surface area contributed by atoms with Gasteiger partial charge in [0.05, 0.1) is 17.9 Å². The smallest absolute Gasteiger partial charge is 0.313 e. The number of hydrogen-bond donors (Lipinski definition) is 0. The molecule has 1 fully saturated rings. The number of methoxy groups -OCH3 is 1. The summed E-state index contributed by atoms with van der Waals surface area (Å²) < 4.78 is 26.0. The summed E-state index contributed by atoms with van der Waals surface area (Å²) in [4.78, 5) is 11.5. The molecule has 1 atom stereocenters. The van der Waals surface area contributed by atoms with Crippen molar-refractivity contribution in [3.8, 4) is 0 Å². The summed E-state index contributed by atoms with van der Waals surface area (Å²) in [5, 5.41) is 0. The maximum atomic E-state index is 11.2. The third-order valence-electron chi connectivity index (χ3n) is 2.25. The van der Waals surface area contributed by atoms with E-state index < -0.39 is 22.2 Å². The van der Waals surface area contributed by atoms with Crippen molar-refractivity contribution in [2.45, 2.75) is 25.7 Å². The molecule has 0 heterocycles. The third-order valence-corrected chi connectivity index (χ3v) is 3.17. The summed E-state index contributed by atoms with van der Waals surface area (Å²) in [5.74, 6) is -0.962. The predicted molar refractivity (Wildman–Crippen MR) is 47.9 cm³/mol. The molecule has 0 spiro atoms. The molecule has 5 heteroatoms. The first-order valence-corrected chi connectivity index (χ1v) is 5.27. The lowest BCUT2D eigenvalue weighted by atomic mass is 9.89. The molecule has 0 aromatic heterocycles.